The van der Waals surface area contributed by atoms with Crippen LogP contribution in [0.4, 0.5) is 0 Å². The smallest absolute Gasteiger partial charge is 0.133 e. The lowest BCUT2D eigenvalue weighted by atomic mass is 10.2. The van der Waals surface area contributed by atoms with Crippen LogP contribution < -0.4 is 10.1 Å². The molecule has 1 heterocycles. The highest BCUT2D eigenvalue weighted by Crippen LogP contribution is 2.25. The van der Waals surface area contributed by atoms with Crippen molar-refractivity contribution in [1.29, 1.82) is 0 Å². The fraction of sp³-hybridized carbons (Fsp3) is 0.538. The second kappa shape index (κ2) is 6.38. The Morgan fingerprint density at radius 3 is 2.88 bits per heavy atom. The molecule has 1 aliphatic rings. The van der Waals surface area contributed by atoms with Gasteiger partial charge in [0.2, 0.25) is 0 Å². The lowest BCUT2D eigenvalue weighted by Gasteiger charge is -2.15. The van der Waals surface area contributed by atoms with E-state index in [4.69, 9.17) is 9.47 Å². The number of nitrogens with one attached hydrogen (secondary N) is 1. The van der Waals surface area contributed by atoms with Crippen molar-refractivity contribution in [2.45, 2.75) is 25.0 Å². The molecule has 2 unspecified atom stereocenters. The Morgan fingerprint density at radius 1 is 1.35 bits per heavy atom. The normalized spacial score (nSPS) is 23.9. The quantitative estimate of drug-likeness (QED) is 0.906. The van der Waals surface area contributed by atoms with Gasteiger partial charge in [0, 0.05) is 6.54 Å². The first-order chi connectivity index (χ1) is 8.29. The third-order valence-corrected chi connectivity index (χ3v) is 3.54. The number of ether oxygens (including phenoxy) is 2. The fourth-order valence-electron chi connectivity index (χ4n) is 2.03. The summed E-state index contributed by atoms with van der Waals surface area (Å²) in [4.78, 5) is 0. The highest BCUT2D eigenvalue weighted by atomic mass is 79.9. The van der Waals surface area contributed by atoms with Crippen LogP contribution in [0.15, 0.2) is 28.7 Å². The van der Waals surface area contributed by atoms with Gasteiger partial charge < -0.3 is 14.8 Å². The van der Waals surface area contributed by atoms with Gasteiger partial charge in [-0.2, -0.15) is 0 Å². The van der Waals surface area contributed by atoms with E-state index in [9.17, 15) is 0 Å². The standard InChI is InChI=1S/C13H18BrNO2/c1-15-8-10-6-7-11(17-10)9-16-13-5-3-2-4-12(13)14/h2-5,10-11,15H,6-9H2,1H3. The van der Waals surface area contributed by atoms with Gasteiger partial charge in [-0.1, -0.05) is 12.1 Å². The SMILES string of the molecule is CNCC1CCC(COc2ccccc2Br)O1. The number of benzene rings is 1. The van der Waals surface area contributed by atoms with Crippen LogP contribution in [0.2, 0.25) is 0 Å². The molecule has 1 fully saturated rings. The van der Waals surface area contributed by atoms with E-state index in [-0.39, 0.29) is 6.10 Å². The Bertz CT molecular complexity index is 359. The van der Waals surface area contributed by atoms with Crippen LogP contribution in [-0.4, -0.2) is 32.4 Å². The van der Waals surface area contributed by atoms with E-state index in [2.05, 4.69) is 21.2 Å². The molecule has 0 amide bonds. The van der Waals surface area contributed by atoms with Gasteiger partial charge in [-0.05, 0) is 48.0 Å². The third-order valence-electron chi connectivity index (χ3n) is 2.89. The maximum Gasteiger partial charge on any atom is 0.133 e. The molecule has 2 atom stereocenters. The van der Waals surface area contributed by atoms with E-state index in [0.29, 0.717) is 12.7 Å². The van der Waals surface area contributed by atoms with Crippen molar-refractivity contribution in [3.8, 4) is 5.75 Å². The van der Waals surface area contributed by atoms with Gasteiger partial charge in [0.25, 0.3) is 0 Å². The van der Waals surface area contributed by atoms with Gasteiger partial charge in [-0.15, -0.1) is 0 Å². The maximum atomic E-state index is 5.86. The van der Waals surface area contributed by atoms with Gasteiger partial charge in [-0.25, -0.2) is 0 Å². The van der Waals surface area contributed by atoms with Crippen LogP contribution in [0.1, 0.15) is 12.8 Å². The van der Waals surface area contributed by atoms with Crippen molar-refractivity contribution >= 4 is 15.9 Å². The Labute approximate surface area is 111 Å². The molecule has 1 aromatic rings. The van der Waals surface area contributed by atoms with Crippen LogP contribution in [0, 0.1) is 0 Å². The minimum atomic E-state index is 0.223. The number of hydrogen-bond donors (Lipinski definition) is 1. The zero-order valence-corrected chi connectivity index (χ0v) is 11.6. The second-order valence-electron chi connectivity index (χ2n) is 4.26. The molecule has 4 heteroatoms. The Morgan fingerprint density at radius 2 is 2.12 bits per heavy atom. The van der Waals surface area contributed by atoms with Crippen molar-refractivity contribution in [3.05, 3.63) is 28.7 Å². The molecule has 0 radical (unpaired) electrons. The average Bonchev–Trinajstić information content (AvgIpc) is 2.76. The van der Waals surface area contributed by atoms with Gasteiger partial charge in [0.05, 0.1) is 16.7 Å². The van der Waals surface area contributed by atoms with Crippen molar-refractivity contribution < 1.29 is 9.47 Å². The average molecular weight is 300 g/mol. The van der Waals surface area contributed by atoms with E-state index < -0.39 is 0 Å². The van der Waals surface area contributed by atoms with Crippen molar-refractivity contribution in [3.63, 3.8) is 0 Å². The van der Waals surface area contributed by atoms with Gasteiger partial charge >= 0.3 is 0 Å². The first-order valence-electron chi connectivity index (χ1n) is 5.97. The van der Waals surface area contributed by atoms with E-state index in [0.717, 1.165) is 29.6 Å². The number of likely N-dealkylation sites (N-methyl/N-ethyl adjacent to an activating group) is 1. The Hall–Kier alpha value is -0.580. The molecule has 1 saturated heterocycles. The van der Waals surface area contributed by atoms with Crippen molar-refractivity contribution in [2.24, 2.45) is 0 Å². The summed E-state index contributed by atoms with van der Waals surface area (Å²) in [5.74, 6) is 0.883. The predicted molar refractivity (Wildman–Crippen MR) is 71.5 cm³/mol. The molecule has 1 N–H and O–H groups in total. The lowest BCUT2D eigenvalue weighted by molar-refractivity contribution is 0.0192. The zero-order valence-electron chi connectivity index (χ0n) is 9.99. The molecule has 0 bridgehead atoms. The molecular weight excluding hydrogens is 282 g/mol. The molecule has 1 aromatic carbocycles. The van der Waals surface area contributed by atoms with Crippen LogP contribution in [0.3, 0.4) is 0 Å². The molecule has 1 aliphatic heterocycles. The molecule has 2 rings (SSSR count). The van der Waals surface area contributed by atoms with E-state index in [1.54, 1.807) is 0 Å². The summed E-state index contributed by atoms with van der Waals surface area (Å²) in [5, 5.41) is 3.14. The molecule has 0 spiro atoms. The summed E-state index contributed by atoms with van der Waals surface area (Å²) in [6.45, 7) is 1.55. The Balaban J connectivity index is 1.78. The minimum Gasteiger partial charge on any atom is -0.490 e. The fourth-order valence-corrected chi connectivity index (χ4v) is 2.42. The first kappa shape index (κ1) is 12.9. The summed E-state index contributed by atoms with van der Waals surface area (Å²) in [6, 6.07) is 7.89. The molecular formula is C13H18BrNO2. The second-order valence-corrected chi connectivity index (χ2v) is 5.11. The van der Waals surface area contributed by atoms with Crippen LogP contribution in [0.25, 0.3) is 0 Å². The molecule has 3 nitrogen and oxygen atoms in total. The number of hydrogen-bond acceptors (Lipinski definition) is 3. The number of halogens is 1. The van der Waals surface area contributed by atoms with Crippen LogP contribution >= 0.6 is 15.9 Å². The highest BCUT2D eigenvalue weighted by molar-refractivity contribution is 9.10. The number of para-hydroxylation sites is 1. The summed E-state index contributed by atoms with van der Waals surface area (Å²) in [5.41, 5.74) is 0. The molecule has 0 saturated carbocycles. The topological polar surface area (TPSA) is 30.5 Å². The van der Waals surface area contributed by atoms with Crippen molar-refractivity contribution in [1.82, 2.24) is 5.32 Å². The molecule has 0 aromatic heterocycles. The monoisotopic (exact) mass is 299 g/mol. The summed E-state index contributed by atoms with van der Waals surface area (Å²) in [6.07, 6.45) is 2.76. The Kier molecular flexibility index (Phi) is 4.83. The first-order valence-corrected chi connectivity index (χ1v) is 6.76. The zero-order chi connectivity index (χ0) is 12.1. The molecule has 17 heavy (non-hydrogen) atoms. The van der Waals surface area contributed by atoms with E-state index in [1.807, 2.05) is 31.3 Å². The van der Waals surface area contributed by atoms with Crippen molar-refractivity contribution in [2.75, 3.05) is 20.2 Å². The minimum absolute atomic E-state index is 0.223. The molecule has 0 aliphatic carbocycles. The third kappa shape index (κ3) is 3.69. The molecule has 94 valence electrons. The summed E-state index contributed by atoms with van der Waals surface area (Å²) >= 11 is 3.47. The lowest BCUT2D eigenvalue weighted by Crippen LogP contribution is -2.25. The van der Waals surface area contributed by atoms with Gasteiger partial charge in [-0.3, -0.25) is 0 Å². The number of rotatable bonds is 5. The highest BCUT2D eigenvalue weighted by Gasteiger charge is 2.25. The maximum absolute atomic E-state index is 5.86. The van der Waals surface area contributed by atoms with Crippen LogP contribution in [-0.2, 0) is 4.74 Å². The van der Waals surface area contributed by atoms with Crippen LogP contribution in [0.5, 0.6) is 5.75 Å². The summed E-state index contributed by atoms with van der Waals surface area (Å²) < 4.78 is 12.6. The largest absolute Gasteiger partial charge is 0.490 e. The summed E-state index contributed by atoms with van der Waals surface area (Å²) in [7, 11) is 1.95. The van der Waals surface area contributed by atoms with E-state index in [1.165, 1.54) is 0 Å². The van der Waals surface area contributed by atoms with Gasteiger partial charge in [0.15, 0.2) is 0 Å². The van der Waals surface area contributed by atoms with E-state index >= 15 is 0 Å². The predicted octanol–water partition coefficient (Wildman–Crippen LogP) is 2.59. The van der Waals surface area contributed by atoms with Gasteiger partial charge in [0.1, 0.15) is 12.4 Å².